The molecular weight excluding hydrogens is 288 g/mol. The van der Waals surface area contributed by atoms with E-state index in [1.165, 1.54) is 0 Å². The van der Waals surface area contributed by atoms with Gasteiger partial charge in [0.15, 0.2) is 5.13 Å². The first-order chi connectivity index (χ1) is 10.2. The molecule has 2 aromatic rings. The van der Waals surface area contributed by atoms with Crippen molar-refractivity contribution in [1.29, 1.82) is 0 Å². The van der Waals surface area contributed by atoms with Gasteiger partial charge < -0.3 is 19.5 Å². The van der Waals surface area contributed by atoms with Gasteiger partial charge in [-0.3, -0.25) is 0 Å². The summed E-state index contributed by atoms with van der Waals surface area (Å²) in [6.45, 7) is 3.53. The molecule has 0 saturated carbocycles. The second kappa shape index (κ2) is 7.73. The highest BCUT2D eigenvalue weighted by Gasteiger charge is 2.05. The Kier molecular flexibility index (Phi) is 5.68. The summed E-state index contributed by atoms with van der Waals surface area (Å²) in [7, 11) is 3.24. The molecule has 1 aromatic carbocycles. The second-order valence-corrected chi connectivity index (χ2v) is 5.51. The monoisotopic (exact) mass is 308 g/mol. The number of anilines is 1. The van der Waals surface area contributed by atoms with Gasteiger partial charge in [0, 0.05) is 30.9 Å². The highest BCUT2D eigenvalue weighted by atomic mass is 32.1. The molecule has 0 spiro atoms. The minimum Gasteiger partial charge on any atom is -0.496 e. The molecule has 0 atom stereocenters. The maximum atomic E-state index is 5.78. The summed E-state index contributed by atoms with van der Waals surface area (Å²) < 4.78 is 16.2. The SMILES string of the molecule is CCCNc1ncc(COc2cc(OC)cc(OC)c2)s1. The summed E-state index contributed by atoms with van der Waals surface area (Å²) >= 11 is 1.60. The predicted molar refractivity (Wildman–Crippen MR) is 84.8 cm³/mol. The maximum absolute atomic E-state index is 5.78. The average Bonchev–Trinajstić information content (AvgIpc) is 2.98. The van der Waals surface area contributed by atoms with Gasteiger partial charge in [-0.25, -0.2) is 4.98 Å². The van der Waals surface area contributed by atoms with Crippen LogP contribution in [0.4, 0.5) is 5.13 Å². The lowest BCUT2D eigenvalue weighted by Crippen LogP contribution is -1.98. The molecule has 0 fully saturated rings. The molecule has 0 bridgehead atoms. The van der Waals surface area contributed by atoms with Crippen LogP contribution in [-0.2, 0) is 6.61 Å². The number of nitrogens with zero attached hydrogens (tertiary/aromatic N) is 1. The molecule has 5 nitrogen and oxygen atoms in total. The number of nitrogens with one attached hydrogen (secondary N) is 1. The molecule has 1 aromatic heterocycles. The van der Waals surface area contributed by atoms with Gasteiger partial charge in [-0.1, -0.05) is 18.3 Å². The van der Waals surface area contributed by atoms with Crippen LogP contribution in [0.2, 0.25) is 0 Å². The van der Waals surface area contributed by atoms with Crippen LogP contribution in [-0.4, -0.2) is 25.7 Å². The minimum absolute atomic E-state index is 0.474. The van der Waals surface area contributed by atoms with Crippen molar-refractivity contribution in [3.63, 3.8) is 0 Å². The van der Waals surface area contributed by atoms with Crippen LogP contribution >= 0.6 is 11.3 Å². The number of hydrogen-bond acceptors (Lipinski definition) is 6. The molecule has 2 rings (SSSR count). The Morgan fingerprint density at radius 1 is 1.10 bits per heavy atom. The van der Waals surface area contributed by atoms with E-state index in [1.807, 2.05) is 24.4 Å². The van der Waals surface area contributed by atoms with Crippen LogP contribution in [0.3, 0.4) is 0 Å². The smallest absolute Gasteiger partial charge is 0.182 e. The molecule has 0 amide bonds. The van der Waals surface area contributed by atoms with Gasteiger partial charge in [-0.2, -0.15) is 0 Å². The lowest BCUT2D eigenvalue weighted by Gasteiger charge is -2.09. The number of rotatable bonds is 8. The van der Waals surface area contributed by atoms with Gasteiger partial charge in [-0.15, -0.1) is 0 Å². The van der Waals surface area contributed by atoms with Crippen LogP contribution in [0.25, 0.3) is 0 Å². The van der Waals surface area contributed by atoms with E-state index in [0.717, 1.165) is 23.0 Å². The van der Waals surface area contributed by atoms with Crippen molar-refractivity contribution in [3.05, 3.63) is 29.3 Å². The Morgan fingerprint density at radius 2 is 1.76 bits per heavy atom. The van der Waals surface area contributed by atoms with Crippen molar-refractivity contribution >= 4 is 16.5 Å². The number of ether oxygens (including phenoxy) is 3. The molecule has 114 valence electrons. The molecular formula is C15H20N2O3S. The van der Waals surface area contributed by atoms with Crippen molar-refractivity contribution in [2.45, 2.75) is 20.0 Å². The zero-order chi connectivity index (χ0) is 15.1. The van der Waals surface area contributed by atoms with Crippen molar-refractivity contribution in [3.8, 4) is 17.2 Å². The highest BCUT2D eigenvalue weighted by Crippen LogP contribution is 2.28. The number of hydrogen-bond donors (Lipinski definition) is 1. The quantitative estimate of drug-likeness (QED) is 0.808. The second-order valence-electron chi connectivity index (χ2n) is 4.40. The molecule has 21 heavy (non-hydrogen) atoms. The first kappa shape index (κ1) is 15.4. The van der Waals surface area contributed by atoms with Crippen molar-refractivity contribution in [2.75, 3.05) is 26.1 Å². The largest absolute Gasteiger partial charge is 0.496 e. The van der Waals surface area contributed by atoms with Crippen LogP contribution in [0.5, 0.6) is 17.2 Å². The maximum Gasteiger partial charge on any atom is 0.182 e. The first-order valence-electron chi connectivity index (χ1n) is 6.79. The molecule has 0 aliphatic carbocycles. The van der Waals surface area contributed by atoms with E-state index in [1.54, 1.807) is 25.6 Å². The van der Waals surface area contributed by atoms with Gasteiger partial charge in [-0.05, 0) is 6.42 Å². The van der Waals surface area contributed by atoms with Gasteiger partial charge in [0.1, 0.15) is 23.9 Å². The fraction of sp³-hybridized carbons (Fsp3) is 0.400. The zero-order valence-electron chi connectivity index (χ0n) is 12.5. The van der Waals surface area contributed by atoms with E-state index >= 15 is 0 Å². The van der Waals surface area contributed by atoms with Crippen molar-refractivity contribution in [2.24, 2.45) is 0 Å². The Bertz CT molecular complexity index is 550. The number of benzene rings is 1. The number of aromatic nitrogens is 1. The normalized spacial score (nSPS) is 10.2. The lowest BCUT2D eigenvalue weighted by molar-refractivity contribution is 0.303. The Labute approximate surface area is 128 Å². The fourth-order valence-electron chi connectivity index (χ4n) is 1.71. The van der Waals surface area contributed by atoms with E-state index in [9.17, 15) is 0 Å². The number of thiazole rings is 1. The zero-order valence-corrected chi connectivity index (χ0v) is 13.3. The number of methoxy groups -OCH3 is 2. The molecule has 0 aliphatic heterocycles. The standard InChI is InChI=1S/C15H20N2O3S/c1-4-5-16-15-17-9-14(21-15)10-20-13-7-11(18-2)6-12(8-13)19-3/h6-9H,4-5,10H2,1-3H3,(H,16,17). The molecule has 6 heteroatoms. The Morgan fingerprint density at radius 3 is 2.38 bits per heavy atom. The lowest BCUT2D eigenvalue weighted by atomic mass is 10.3. The fourth-order valence-corrected chi connectivity index (χ4v) is 2.46. The third kappa shape index (κ3) is 4.53. The van der Waals surface area contributed by atoms with Gasteiger partial charge in [0.05, 0.1) is 19.1 Å². The molecule has 0 unspecified atom stereocenters. The summed E-state index contributed by atoms with van der Waals surface area (Å²) in [6.07, 6.45) is 2.91. The van der Waals surface area contributed by atoms with Crippen molar-refractivity contribution in [1.82, 2.24) is 4.98 Å². The van der Waals surface area contributed by atoms with E-state index in [-0.39, 0.29) is 0 Å². The molecule has 0 aliphatic rings. The minimum atomic E-state index is 0.474. The topological polar surface area (TPSA) is 52.6 Å². The van der Waals surface area contributed by atoms with E-state index in [2.05, 4.69) is 17.2 Å². The van der Waals surface area contributed by atoms with Crippen LogP contribution in [0.1, 0.15) is 18.2 Å². The van der Waals surface area contributed by atoms with Crippen LogP contribution in [0.15, 0.2) is 24.4 Å². The van der Waals surface area contributed by atoms with Crippen molar-refractivity contribution < 1.29 is 14.2 Å². The summed E-state index contributed by atoms with van der Waals surface area (Å²) in [6, 6.07) is 5.48. The van der Waals surface area contributed by atoms with E-state index in [4.69, 9.17) is 14.2 Å². The first-order valence-corrected chi connectivity index (χ1v) is 7.61. The van der Waals surface area contributed by atoms with E-state index in [0.29, 0.717) is 23.9 Å². The van der Waals surface area contributed by atoms with Gasteiger partial charge >= 0.3 is 0 Å². The Balaban J connectivity index is 1.97. The highest BCUT2D eigenvalue weighted by molar-refractivity contribution is 7.15. The summed E-state index contributed by atoms with van der Waals surface area (Å²) in [4.78, 5) is 5.38. The summed E-state index contributed by atoms with van der Waals surface area (Å²) in [5.41, 5.74) is 0. The molecule has 1 N–H and O–H groups in total. The third-order valence-electron chi connectivity index (χ3n) is 2.79. The summed E-state index contributed by atoms with van der Waals surface area (Å²) in [5, 5.41) is 4.19. The van der Waals surface area contributed by atoms with Crippen LogP contribution < -0.4 is 19.5 Å². The third-order valence-corrected chi connectivity index (χ3v) is 3.71. The van der Waals surface area contributed by atoms with E-state index < -0.39 is 0 Å². The molecule has 0 saturated heterocycles. The summed E-state index contributed by atoms with van der Waals surface area (Å²) in [5.74, 6) is 2.13. The molecule has 1 heterocycles. The van der Waals surface area contributed by atoms with Gasteiger partial charge in [0.2, 0.25) is 0 Å². The average molecular weight is 308 g/mol. The van der Waals surface area contributed by atoms with Gasteiger partial charge in [0.25, 0.3) is 0 Å². The predicted octanol–water partition coefficient (Wildman–Crippen LogP) is 3.56. The Hall–Kier alpha value is -1.95. The molecule has 0 radical (unpaired) electrons. The van der Waals surface area contributed by atoms with Crippen LogP contribution in [0, 0.1) is 0 Å².